The molecular formula is C18H16ClFN2. The molecule has 0 spiro atoms. The first kappa shape index (κ1) is 14.8. The summed E-state index contributed by atoms with van der Waals surface area (Å²) in [4.78, 5) is 0. The number of aromatic nitrogens is 1. The van der Waals surface area contributed by atoms with E-state index in [1.54, 1.807) is 12.1 Å². The Labute approximate surface area is 135 Å². The van der Waals surface area contributed by atoms with E-state index in [4.69, 9.17) is 0 Å². The fraction of sp³-hybridized carbons (Fsp3) is 0.111. The molecule has 1 N–H and O–H groups in total. The lowest BCUT2D eigenvalue weighted by Gasteiger charge is -2.18. The predicted molar refractivity (Wildman–Crippen MR) is 88.1 cm³/mol. The van der Waals surface area contributed by atoms with Crippen molar-refractivity contribution in [3.63, 3.8) is 0 Å². The molecule has 1 unspecified atom stereocenters. The van der Waals surface area contributed by atoms with Crippen LogP contribution in [-0.4, -0.2) is 4.57 Å². The summed E-state index contributed by atoms with van der Waals surface area (Å²) >= 11 is 0. The highest BCUT2D eigenvalue weighted by Gasteiger charge is 2.22. The van der Waals surface area contributed by atoms with E-state index in [0.717, 1.165) is 17.8 Å². The third-order valence-electron chi connectivity index (χ3n) is 4.01. The van der Waals surface area contributed by atoms with E-state index in [0.29, 0.717) is 0 Å². The average Bonchev–Trinajstić information content (AvgIpc) is 2.92. The highest BCUT2D eigenvalue weighted by molar-refractivity contribution is 5.85. The third-order valence-corrected chi connectivity index (χ3v) is 4.01. The monoisotopic (exact) mass is 314 g/mol. The molecule has 2 nitrogen and oxygen atoms in total. The Morgan fingerprint density at radius 2 is 1.86 bits per heavy atom. The van der Waals surface area contributed by atoms with Gasteiger partial charge in [-0.25, -0.2) is 4.39 Å². The van der Waals surface area contributed by atoms with Crippen LogP contribution >= 0.6 is 12.4 Å². The molecule has 3 aromatic rings. The minimum Gasteiger partial charge on any atom is -0.319 e. The highest BCUT2D eigenvalue weighted by atomic mass is 35.5. The summed E-state index contributed by atoms with van der Waals surface area (Å²) in [6.07, 6.45) is 2.06. The number of halogens is 2. The summed E-state index contributed by atoms with van der Waals surface area (Å²) in [7, 11) is 0. The Morgan fingerprint density at radius 1 is 1.00 bits per heavy atom. The lowest BCUT2D eigenvalue weighted by molar-refractivity contribution is 0.586. The van der Waals surface area contributed by atoms with Gasteiger partial charge in [0, 0.05) is 24.1 Å². The first-order valence-corrected chi connectivity index (χ1v) is 7.07. The highest BCUT2D eigenvalue weighted by Crippen LogP contribution is 2.30. The van der Waals surface area contributed by atoms with Crippen LogP contribution < -0.4 is 5.32 Å². The fourth-order valence-corrected chi connectivity index (χ4v) is 3.04. The molecule has 0 radical (unpaired) electrons. The first-order valence-electron chi connectivity index (χ1n) is 7.07. The van der Waals surface area contributed by atoms with Gasteiger partial charge in [-0.15, -0.1) is 12.4 Å². The van der Waals surface area contributed by atoms with Crippen LogP contribution in [0, 0.1) is 5.82 Å². The molecule has 1 atom stereocenters. The quantitative estimate of drug-likeness (QED) is 0.711. The number of nitrogens with zero attached hydrogens (tertiary/aromatic N) is 1. The molecule has 22 heavy (non-hydrogen) atoms. The molecule has 0 bridgehead atoms. The molecule has 1 aliphatic heterocycles. The van der Waals surface area contributed by atoms with Crippen molar-refractivity contribution in [2.45, 2.75) is 12.6 Å². The van der Waals surface area contributed by atoms with E-state index in [-0.39, 0.29) is 24.3 Å². The van der Waals surface area contributed by atoms with Crippen LogP contribution in [0.5, 0.6) is 0 Å². The van der Waals surface area contributed by atoms with Gasteiger partial charge < -0.3 is 9.88 Å². The van der Waals surface area contributed by atoms with E-state index in [1.807, 2.05) is 24.3 Å². The van der Waals surface area contributed by atoms with Crippen molar-refractivity contribution < 1.29 is 4.39 Å². The fourth-order valence-electron chi connectivity index (χ4n) is 3.04. The molecule has 0 amide bonds. The van der Waals surface area contributed by atoms with Crippen molar-refractivity contribution in [1.29, 1.82) is 0 Å². The zero-order chi connectivity index (χ0) is 14.2. The number of rotatable bonds is 1. The molecule has 0 aliphatic carbocycles. The molecule has 1 aliphatic rings. The van der Waals surface area contributed by atoms with Gasteiger partial charge >= 0.3 is 0 Å². The molecule has 0 fully saturated rings. The number of hydrogen-bond acceptors (Lipinski definition) is 1. The van der Waals surface area contributed by atoms with Gasteiger partial charge in [0.05, 0.1) is 6.04 Å². The lowest BCUT2D eigenvalue weighted by atomic mass is 10.0. The Kier molecular flexibility index (Phi) is 4.01. The van der Waals surface area contributed by atoms with Gasteiger partial charge in [-0.05, 0) is 41.5 Å². The number of hydrogen-bond donors (Lipinski definition) is 1. The van der Waals surface area contributed by atoms with Crippen molar-refractivity contribution in [2.75, 3.05) is 0 Å². The molecule has 0 saturated carbocycles. The van der Waals surface area contributed by atoms with Gasteiger partial charge in [0.25, 0.3) is 0 Å². The Hall–Kier alpha value is -2.10. The second kappa shape index (κ2) is 5.95. The maximum atomic E-state index is 13.6. The van der Waals surface area contributed by atoms with Crippen molar-refractivity contribution in [3.05, 3.63) is 89.5 Å². The summed E-state index contributed by atoms with van der Waals surface area (Å²) in [6.45, 7) is 0.763. The van der Waals surface area contributed by atoms with Gasteiger partial charge in [-0.1, -0.05) is 30.3 Å². The first-order chi connectivity index (χ1) is 10.3. The van der Waals surface area contributed by atoms with Crippen LogP contribution in [0.4, 0.5) is 4.39 Å². The standard InChI is InChI=1S/C18H15FN2.ClH/c19-15-7-3-6-13(11-15)18-17-9-4-10-21(17)16-8-2-1-5-14(16)12-20-18;/h1-11,18,20H,12H2;1H. The number of nitrogens with one attached hydrogen (secondary N) is 1. The lowest BCUT2D eigenvalue weighted by Crippen LogP contribution is -2.21. The molecule has 4 heteroatoms. The Balaban J connectivity index is 0.00000144. The maximum absolute atomic E-state index is 13.6. The number of benzene rings is 2. The van der Waals surface area contributed by atoms with Gasteiger partial charge in [-0.2, -0.15) is 0 Å². The maximum Gasteiger partial charge on any atom is 0.123 e. The van der Waals surface area contributed by atoms with E-state index in [9.17, 15) is 4.39 Å². The minimum atomic E-state index is -0.200. The van der Waals surface area contributed by atoms with E-state index in [1.165, 1.54) is 17.3 Å². The van der Waals surface area contributed by atoms with Crippen LogP contribution in [0.25, 0.3) is 5.69 Å². The third kappa shape index (κ3) is 2.43. The van der Waals surface area contributed by atoms with Crippen molar-refractivity contribution in [1.82, 2.24) is 9.88 Å². The largest absolute Gasteiger partial charge is 0.319 e. The number of para-hydroxylation sites is 1. The van der Waals surface area contributed by atoms with Crippen molar-refractivity contribution in [3.8, 4) is 5.69 Å². The summed E-state index contributed by atoms with van der Waals surface area (Å²) in [6, 6.07) is 19.3. The minimum absolute atomic E-state index is 0. The second-order valence-electron chi connectivity index (χ2n) is 5.30. The Morgan fingerprint density at radius 3 is 2.73 bits per heavy atom. The van der Waals surface area contributed by atoms with Crippen LogP contribution in [0.2, 0.25) is 0 Å². The second-order valence-corrected chi connectivity index (χ2v) is 5.30. The summed E-state index contributed by atoms with van der Waals surface area (Å²) in [5, 5.41) is 3.54. The predicted octanol–water partition coefficient (Wildman–Crippen LogP) is 4.23. The molecular weight excluding hydrogens is 299 g/mol. The van der Waals surface area contributed by atoms with Crippen molar-refractivity contribution in [2.24, 2.45) is 0 Å². The molecule has 0 saturated heterocycles. The smallest absolute Gasteiger partial charge is 0.123 e. The van der Waals surface area contributed by atoms with Gasteiger partial charge in [0.1, 0.15) is 5.82 Å². The number of fused-ring (bicyclic) bond motifs is 3. The van der Waals surface area contributed by atoms with E-state index >= 15 is 0 Å². The Bertz CT molecular complexity index is 797. The van der Waals surface area contributed by atoms with Crippen LogP contribution in [0.1, 0.15) is 22.9 Å². The molecule has 1 aromatic heterocycles. The van der Waals surface area contributed by atoms with E-state index < -0.39 is 0 Å². The van der Waals surface area contributed by atoms with Gasteiger partial charge in [0.2, 0.25) is 0 Å². The normalized spacial score (nSPS) is 16.1. The molecule has 2 aromatic carbocycles. The molecule has 4 rings (SSSR count). The SMILES string of the molecule is Cl.Fc1cccc(C2NCc3ccccc3-n3cccc32)c1. The summed E-state index contributed by atoms with van der Waals surface area (Å²) in [5.74, 6) is -0.200. The van der Waals surface area contributed by atoms with Crippen LogP contribution in [-0.2, 0) is 6.54 Å². The molecule has 112 valence electrons. The van der Waals surface area contributed by atoms with Crippen LogP contribution in [0.15, 0.2) is 66.9 Å². The topological polar surface area (TPSA) is 17.0 Å². The van der Waals surface area contributed by atoms with Crippen molar-refractivity contribution >= 4 is 12.4 Å². The van der Waals surface area contributed by atoms with Crippen LogP contribution in [0.3, 0.4) is 0 Å². The summed E-state index contributed by atoms with van der Waals surface area (Å²) < 4.78 is 15.7. The average molecular weight is 315 g/mol. The van der Waals surface area contributed by atoms with E-state index in [2.05, 4.69) is 34.3 Å². The van der Waals surface area contributed by atoms with Gasteiger partial charge in [0.15, 0.2) is 0 Å². The zero-order valence-corrected chi connectivity index (χ0v) is 12.7. The molecule has 2 heterocycles. The zero-order valence-electron chi connectivity index (χ0n) is 11.9. The summed E-state index contributed by atoms with van der Waals surface area (Å²) in [5.41, 5.74) is 4.51. The van der Waals surface area contributed by atoms with Gasteiger partial charge in [-0.3, -0.25) is 0 Å².